The normalized spacial score (nSPS) is 20.3. The van der Waals surface area contributed by atoms with Gasteiger partial charge < -0.3 is 40.2 Å². The second-order valence-electron chi connectivity index (χ2n) is 20.2. The van der Waals surface area contributed by atoms with Crippen LogP contribution < -0.4 is 25.4 Å². The lowest BCUT2D eigenvalue weighted by molar-refractivity contribution is -0.164. The third-order valence-corrected chi connectivity index (χ3v) is 14.3. The number of amides is 4. The molecular formula is C52H65ClN6O8S. The molecule has 14 nitrogen and oxygen atoms in total. The summed E-state index contributed by atoms with van der Waals surface area (Å²) in [5, 5.41) is 29.1. The molecule has 4 amide bonds. The molecule has 1 aliphatic heterocycles. The lowest BCUT2D eigenvalue weighted by atomic mass is 9.49. The van der Waals surface area contributed by atoms with E-state index in [1.54, 1.807) is 53.8 Å². The average molecular weight is 970 g/mol. The number of carbonyl (C=O) groups is 4. The first-order valence-corrected chi connectivity index (χ1v) is 24.4. The predicted molar refractivity (Wildman–Crippen MR) is 262 cm³/mol. The number of nitrogens with zero attached hydrogens (tertiary/aromatic N) is 3. The van der Waals surface area contributed by atoms with E-state index in [1.165, 1.54) is 4.90 Å². The van der Waals surface area contributed by atoms with Crippen LogP contribution in [0.4, 0.5) is 0 Å². The second-order valence-corrected chi connectivity index (χ2v) is 21.5. The van der Waals surface area contributed by atoms with Crippen LogP contribution in [0.25, 0.3) is 10.4 Å². The third kappa shape index (κ3) is 12.4. The van der Waals surface area contributed by atoms with Crippen molar-refractivity contribution in [3.63, 3.8) is 0 Å². The molecule has 3 aromatic carbocycles. The lowest BCUT2D eigenvalue weighted by Gasteiger charge is -2.63. The maximum Gasteiger partial charge on any atom is 0.251 e. The number of likely N-dealkylation sites (tertiary alicyclic amines) is 1. The number of aryl methyl sites for hydroxylation is 1. The van der Waals surface area contributed by atoms with E-state index in [2.05, 4.69) is 54.7 Å². The number of benzene rings is 3. The molecule has 6 rings (SSSR count). The molecule has 1 aromatic heterocycles. The van der Waals surface area contributed by atoms with Gasteiger partial charge in [0, 0.05) is 54.6 Å². The zero-order valence-electron chi connectivity index (χ0n) is 40.5. The van der Waals surface area contributed by atoms with Gasteiger partial charge >= 0.3 is 0 Å². The van der Waals surface area contributed by atoms with Crippen molar-refractivity contribution in [3.8, 4) is 28.0 Å². The number of nitriles is 1. The Morgan fingerprint density at radius 2 is 1.68 bits per heavy atom. The van der Waals surface area contributed by atoms with E-state index in [0.717, 1.165) is 34.5 Å². The molecule has 16 heteroatoms. The van der Waals surface area contributed by atoms with E-state index in [-0.39, 0.29) is 56.2 Å². The minimum Gasteiger partial charge on any atom is -0.491 e. The Kier molecular flexibility index (Phi) is 16.6. The van der Waals surface area contributed by atoms with Crippen molar-refractivity contribution < 1.29 is 38.5 Å². The van der Waals surface area contributed by atoms with Crippen LogP contribution in [0.3, 0.4) is 0 Å². The highest BCUT2D eigenvalue weighted by Gasteiger charge is 2.64. The fraction of sp³-hybridized carbons (Fsp3) is 0.500. The Morgan fingerprint density at radius 3 is 2.29 bits per heavy atom. The van der Waals surface area contributed by atoms with Crippen molar-refractivity contribution >= 4 is 46.6 Å². The van der Waals surface area contributed by atoms with Gasteiger partial charge in [0.2, 0.25) is 17.7 Å². The zero-order chi connectivity index (χ0) is 49.6. The van der Waals surface area contributed by atoms with Crippen LogP contribution in [0, 0.1) is 34.5 Å². The van der Waals surface area contributed by atoms with Gasteiger partial charge in [0.05, 0.1) is 38.9 Å². The van der Waals surface area contributed by atoms with Crippen molar-refractivity contribution in [3.05, 3.63) is 99.6 Å². The van der Waals surface area contributed by atoms with Crippen LogP contribution >= 0.6 is 22.9 Å². The smallest absolute Gasteiger partial charge is 0.251 e. The summed E-state index contributed by atoms with van der Waals surface area (Å²) in [6.45, 7) is 18.0. The molecule has 2 heterocycles. The fourth-order valence-electron chi connectivity index (χ4n) is 9.57. The molecule has 2 unspecified atom stereocenters. The van der Waals surface area contributed by atoms with Crippen LogP contribution in [0.2, 0.25) is 5.02 Å². The summed E-state index contributed by atoms with van der Waals surface area (Å²) in [6, 6.07) is 20.0. The molecule has 0 spiro atoms. The average Bonchev–Trinajstić information content (AvgIpc) is 3.91. The Hall–Kier alpha value is -5.53. The molecular weight excluding hydrogens is 904 g/mol. The van der Waals surface area contributed by atoms with Crippen molar-refractivity contribution in [2.75, 3.05) is 19.8 Å². The largest absolute Gasteiger partial charge is 0.491 e. The lowest BCUT2D eigenvalue weighted by Crippen LogP contribution is -2.74. The van der Waals surface area contributed by atoms with E-state index < -0.39 is 46.2 Å². The molecule has 2 fully saturated rings. The number of rotatable bonds is 19. The Bertz CT molecular complexity index is 2450. The van der Waals surface area contributed by atoms with Crippen LogP contribution in [-0.4, -0.2) is 94.8 Å². The summed E-state index contributed by atoms with van der Waals surface area (Å²) in [7, 11) is 0. The van der Waals surface area contributed by atoms with Crippen molar-refractivity contribution in [2.24, 2.45) is 16.2 Å². The van der Waals surface area contributed by atoms with E-state index in [4.69, 9.17) is 25.8 Å². The number of β-amino-alcohol motifs (C(OH)–C–C–N with tert-alkyl or cyclic N) is 1. The summed E-state index contributed by atoms with van der Waals surface area (Å²) in [5.41, 5.74) is 4.12. The first kappa shape index (κ1) is 51.9. The molecule has 4 atom stereocenters. The number of aliphatic hydroxyl groups excluding tert-OH is 1. The molecule has 1 saturated heterocycles. The monoisotopic (exact) mass is 968 g/mol. The SMILES string of the molecule is Cc1ncsc1-c1ccc(CNC(=O)[C@@H]2C[C@@H](O)CN2C(=O)C(NC(=O)COCCCCC(C)Oc2ccc(C(=O)N[C@H]3C(C)(C)[C@H](Oc4ccc(C#N)c(Cl)c4)C3(C)C)cc2)C(C)(C)C)cc1. The number of halogens is 1. The highest BCUT2D eigenvalue weighted by atomic mass is 35.5. The Morgan fingerprint density at radius 1 is 1.00 bits per heavy atom. The van der Waals surface area contributed by atoms with E-state index in [1.807, 2.05) is 64.4 Å². The van der Waals surface area contributed by atoms with Crippen LogP contribution in [-0.2, 0) is 25.7 Å². The first-order valence-electron chi connectivity index (χ1n) is 23.2. The van der Waals surface area contributed by atoms with Crippen LogP contribution in [0.15, 0.2) is 72.2 Å². The Labute approximate surface area is 409 Å². The van der Waals surface area contributed by atoms with Gasteiger partial charge in [-0.15, -0.1) is 11.3 Å². The maximum atomic E-state index is 14.0. The van der Waals surface area contributed by atoms with E-state index in [0.29, 0.717) is 40.7 Å². The quantitative estimate of drug-likeness (QED) is 0.0670. The topological polar surface area (TPSA) is 192 Å². The summed E-state index contributed by atoms with van der Waals surface area (Å²) in [4.78, 5) is 60.8. The minimum absolute atomic E-state index is 0.0146. The first-order chi connectivity index (χ1) is 32.1. The number of thiazole rings is 1. The number of hydrogen-bond acceptors (Lipinski definition) is 11. The van der Waals surface area contributed by atoms with Gasteiger partial charge in [-0.25, -0.2) is 4.98 Å². The zero-order valence-corrected chi connectivity index (χ0v) is 42.1. The molecule has 1 aliphatic carbocycles. The highest BCUT2D eigenvalue weighted by Crippen LogP contribution is 2.55. The summed E-state index contributed by atoms with van der Waals surface area (Å²) >= 11 is 7.81. The molecule has 1 saturated carbocycles. The van der Waals surface area contributed by atoms with Crippen LogP contribution in [0.1, 0.15) is 108 Å². The van der Waals surface area contributed by atoms with Gasteiger partial charge in [0.25, 0.3) is 5.91 Å². The minimum atomic E-state index is -0.957. The van der Waals surface area contributed by atoms with E-state index >= 15 is 0 Å². The van der Waals surface area contributed by atoms with Crippen LogP contribution in [0.5, 0.6) is 11.5 Å². The highest BCUT2D eigenvalue weighted by molar-refractivity contribution is 7.13. The molecule has 4 aromatic rings. The fourth-order valence-corrected chi connectivity index (χ4v) is 10.6. The number of carbonyl (C=O) groups excluding carboxylic acids is 4. The maximum absolute atomic E-state index is 14.0. The number of nitrogens with one attached hydrogen (secondary N) is 3. The standard InChI is InChI=1S/C52H65ClN6O8S/c1-31(66-38-20-17-35(18-21-38)45(62)58-48-51(6,7)49(52(48,8)9)67-39-22-19-36(26-54)40(53)25-39)12-10-11-23-65-29-42(61)57-44(50(3,4)5)47(64)59-28-37(60)24-41(59)46(63)55-27-33-13-15-34(16-14-33)43-32(2)56-30-68-43/h13-22,25,30-31,37,41,44,48-49,60H,10-12,23-24,27-29H2,1-9H3,(H,55,63)(H,57,61)(H,58,62)/t31?,37-,41+,44?,48-,49-/m1/s1. The number of aromatic nitrogens is 1. The van der Waals surface area contributed by atoms with Gasteiger partial charge in [0.15, 0.2) is 0 Å². The predicted octanol–water partition coefficient (Wildman–Crippen LogP) is 8.02. The summed E-state index contributed by atoms with van der Waals surface area (Å²) in [5.74, 6) is -0.236. The molecule has 364 valence electrons. The molecule has 0 radical (unpaired) electrons. The van der Waals surface area contributed by atoms with Gasteiger partial charge in [-0.1, -0.05) is 84.3 Å². The van der Waals surface area contributed by atoms with Gasteiger partial charge in [-0.3, -0.25) is 19.2 Å². The number of hydrogen-bond donors (Lipinski definition) is 4. The van der Waals surface area contributed by atoms with Crippen molar-refractivity contribution in [2.45, 2.75) is 131 Å². The third-order valence-electron chi connectivity index (χ3n) is 13.0. The summed E-state index contributed by atoms with van der Waals surface area (Å²) in [6.07, 6.45) is 1.09. The molecule has 2 aliphatic rings. The number of unbranched alkanes of at least 4 members (excludes halogenated alkanes) is 1. The van der Waals surface area contributed by atoms with Crippen molar-refractivity contribution in [1.82, 2.24) is 25.8 Å². The van der Waals surface area contributed by atoms with Crippen molar-refractivity contribution in [1.29, 1.82) is 5.26 Å². The Balaban J connectivity index is 0.893. The van der Waals surface area contributed by atoms with E-state index in [9.17, 15) is 29.5 Å². The second kappa shape index (κ2) is 21.8. The van der Waals surface area contributed by atoms with Gasteiger partial charge in [0.1, 0.15) is 42.4 Å². The van der Waals surface area contributed by atoms with Gasteiger partial charge in [-0.2, -0.15) is 5.26 Å². The molecule has 4 N–H and O–H groups in total. The summed E-state index contributed by atoms with van der Waals surface area (Å²) < 4.78 is 18.2. The molecule has 68 heavy (non-hydrogen) atoms. The molecule has 0 bridgehead atoms. The number of aliphatic hydroxyl groups is 1. The number of ether oxygens (including phenoxy) is 3. The van der Waals surface area contributed by atoms with Gasteiger partial charge in [-0.05, 0) is 86.1 Å².